The van der Waals surface area contributed by atoms with E-state index in [4.69, 9.17) is 9.05 Å². The molecule has 0 aliphatic rings. The summed E-state index contributed by atoms with van der Waals surface area (Å²) in [6, 6.07) is 7.45. The number of hydrogen-bond donors (Lipinski definition) is 1. The summed E-state index contributed by atoms with van der Waals surface area (Å²) in [5, 5.41) is 0.692. The van der Waals surface area contributed by atoms with Crippen molar-refractivity contribution in [1.29, 1.82) is 0 Å². The van der Waals surface area contributed by atoms with Crippen molar-refractivity contribution in [2.45, 2.75) is 13.8 Å². The van der Waals surface area contributed by atoms with Crippen LogP contribution >= 0.6 is 23.2 Å². The standard InChI is InChI=1S/C11H18BrO3P/c1-4-14-16(3,13,15-5-2)11-9-7-6-8-10(11)12/h6-9,13H,4-5H2,1-3H3. The molecule has 0 bridgehead atoms. The van der Waals surface area contributed by atoms with Gasteiger partial charge in [0.05, 0.1) is 0 Å². The SMILES string of the molecule is CCOP(C)(O)(OCC)c1ccccc1Br. The zero-order valence-electron chi connectivity index (χ0n) is 9.81. The molecule has 92 valence electrons. The molecule has 0 atom stereocenters. The molecule has 0 fully saturated rings. The molecule has 16 heavy (non-hydrogen) atoms. The van der Waals surface area contributed by atoms with Crippen LogP contribution < -0.4 is 5.30 Å². The normalized spacial score (nSPS) is 14.4. The molecule has 1 N–H and O–H groups in total. The van der Waals surface area contributed by atoms with Gasteiger partial charge in [0.15, 0.2) is 0 Å². The first-order chi connectivity index (χ1) is 7.43. The second kappa shape index (κ2) is 5.11. The van der Waals surface area contributed by atoms with Crippen LogP contribution in [0.15, 0.2) is 28.7 Å². The maximum absolute atomic E-state index is 10.8. The van der Waals surface area contributed by atoms with E-state index in [9.17, 15) is 4.89 Å². The number of rotatable bonds is 5. The quantitative estimate of drug-likeness (QED) is 0.850. The van der Waals surface area contributed by atoms with Crippen molar-refractivity contribution < 1.29 is 13.9 Å². The Labute approximate surface area is 105 Å². The summed E-state index contributed by atoms with van der Waals surface area (Å²) >= 11 is 3.42. The fourth-order valence-corrected chi connectivity index (χ4v) is 5.69. The van der Waals surface area contributed by atoms with Crippen molar-refractivity contribution in [3.05, 3.63) is 28.7 Å². The van der Waals surface area contributed by atoms with Gasteiger partial charge in [-0.1, -0.05) is 0 Å². The second-order valence-corrected chi connectivity index (χ2v) is 8.07. The van der Waals surface area contributed by atoms with Gasteiger partial charge < -0.3 is 0 Å². The molecular weight excluding hydrogens is 291 g/mol. The van der Waals surface area contributed by atoms with Gasteiger partial charge in [0, 0.05) is 0 Å². The molecule has 0 spiro atoms. The topological polar surface area (TPSA) is 38.7 Å². The summed E-state index contributed by atoms with van der Waals surface area (Å²) in [6.07, 6.45) is 0. The van der Waals surface area contributed by atoms with Crippen LogP contribution in [0.25, 0.3) is 0 Å². The van der Waals surface area contributed by atoms with Gasteiger partial charge in [-0.3, -0.25) is 0 Å². The van der Waals surface area contributed by atoms with Gasteiger partial charge in [0.25, 0.3) is 0 Å². The Hall–Kier alpha value is 0.0100. The molecule has 5 heteroatoms. The van der Waals surface area contributed by atoms with Crippen molar-refractivity contribution in [1.82, 2.24) is 0 Å². The first kappa shape index (κ1) is 14.1. The molecular formula is C11H18BrO3P. The summed E-state index contributed by atoms with van der Waals surface area (Å²) in [6.45, 7) is 6.16. The predicted molar refractivity (Wildman–Crippen MR) is 72.1 cm³/mol. The van der Waals surface area contributed by atoms with Crippen LogP contribution in [0.5, 0.6) is 0 Å². The van der Waals surface area contributed by atoms with Gasteiger partial charge in [-0.05, 0) is 0 Å². The Bertz CT molecular complexity index is 358. The molecule has 3 nitrogen and oxygen atoms in total. The first-order valence-corrected chi connectivity index (χ1v) is 8.51. The summed E-state index contributed by atoms with van der Waals surface area (Å²) in [7, 11) is -3.70. The van der Waals surface area contributed by atoms with Gasteiger partial charge in [0.1, 0.15) is 0 Å². The minimum absolute atomic E-state index is 0.409. The van der Waals surface area contributed by atoms with Gasteiger partial charge in [-0.15, -0.1) is 0 Å². The van der Waals surface area contributed by atoms with Crippen LogP contribution in [-0.2, 0) is 9.05 Å². The van der Waals surface area contributed by atoms with Crippen molar-refractivity contribution in [3.63, 3.8) is 0 Å². The Morgan fingerprint density at radius 3 is 2.12 bits per heavy atom. The molecule has 0 saturated carbocycles. The van der Waals surface area contributed by atoms with Crippen molar-refractivity contribution >= 4 is 28.5 Å². The molecule has 0 heterocycles. The molecule has 0 aliphatic carbocycles. The molecule has 0 amide bonds. The fraction of sp³-hybridized carbons (Fsp3) is 0.455. The van der Waals surface area contributed by atoms with E-state index in [1.807, 2.05) is 38.1 Å². The monoisotopic (exact) mass is 308 g/mol. The third-order valence-corrected chi connectivity index (χ3v) is 6.48. The third kappa shape index (κ3) is 2.82. The van der Waals surface area contributed by atoms with Crippen LogP contribution in [0.4, 0.5) is 0 Å². The number of hydrogen-bond acceptors (Lipinski definition) is 3. The Morgan fingerprint density at radius 2 is 1.69 bits per heavy atom. The molecule has 0 radical (unpaired) electrons. The van der Waals surface area contributed by atoms with Crippen LogP contribution in [0.1, 0.15) is 13.8 Å². The molecule has 0 aromatic heterocycles. The van der Waals surface area contributed by atoms with Crippen LogP contribution in [-0.4, -0.2) is 24.8 Å². The van der Waals surface area contributed by atoms with Crippen LogP contribution in [0, 0.1) is 0 Å². The van der Waals surface area contributed by atoms with E-state index in [1.54, 1.807) is 6.66 Å². The van der Waals surface area contributed by atoms with Crippen LogP contribution in [0.3, 0.4) is 0 Å². The Morgan fingerprint density at radius 1 is 1.19 bits per heavy atom. The average Bonchev–Trinajstić information content (AvgIpc) is 2.18. The van der Waals surface area contributed by atoms with Crippen LogP contribution in [0.2, 0.25) is 0 Å². The van der Waals surface area contributed by atoms with E-state index in [0.717, 1.165) is 4.47 Å². The predicted octanol–water partition coefficient (Wildman–Crippen LogP) is 3.07. The van der Waals surface area contributed by atoms with Crippen molar-refractivity contribution in [2.75, 3.05) is 19.9 Å². The van der Waals surface area contributed by atoms with Gasteiger partial charge >= 0.3 is 105 Å². The van der Waals surface area contributed by atoms with E-state index in [-0.39, 0.29) is 0 Å². The summed E-state index contributed by atoms with van der Waals surface area (Å²) < 4.78 is 11.9. The fourth-order valence-electron chi connectivity index (χ4n) is 1.65. The third-order valence-electron chi connectivity index (χ3n) is 2.26. The van der Waals surface area contributed by atoms with Crippen molar-refractivity contribution in [2.24, 2.45) is 0 Å². The van der Waals surface area contributed by atoms with Gasteiger partial charge in [-0.2, -0.15) is 0 Å². The zero-order chi connectivity index (χ0) is 12.3. The first-order valence-electron chi connectivity index (χ1n) is 5.24. The minimum atomic E-state index is -3.70. The maximum atomic E-state index is 10.8. The zero-order valence-corrected chi connectivity index (χ0v) is 12.3. The summed E-state index contributed by atoms with van der Waals surface area (Å²) in [5.74, 6) is 0. The second-order valence-electron chi connectivity index (χ2n) is 3.60. The molecule has 1 aromatic rings. The molecule has 1 aromatic carbocycles. The van der Waals surface area contributed by atoms with Gasteiger partial charge in [0.2, 0.25) is 0 Å². The molecule has 0 unspecified atom stereocenters. The van der Waals surface area contributed by atoms with E-state index in [2.05, 4.69) is 15.9 Å². The Balaban J connectivity index is 3.26. The summed E-state index contributed by atoms with van der Waals surface area (Å²) in [4.78, 5) is 10.8. The van der Waals surface area contributed by atoms with Gasteiger partial charge in [-0.25, -0.2) is 0 Å². The number of benzene rings is 1. The van der Waals surface area contributed by atoms with E-state index >= 15 is 0 Å². The van der Waals surface area contributed by atoms with Crippen molar-refractivity contribution in [3.8, 4) is 0 Å². The molecule has 0 aliphatic heterocycles. The molecule has 1 rings (SSSR count). The average molecular weight is 309 g/mol. The van der Waals surface area contributed by atoms with E-state index in [0.29, 0.717) is 18.5 Å². The van der Waals surface area contributed by atoms with E-state index in [1.165, 1.54) is 0 Å². The number of halogens is 1. The Kier molecular flexibility index (Phi) is 4.49. The summed E-state index contributed by atoms with van der Waals surface area (Å²) in [5.41, 5.74) is 0. The van der Waals surface area contributed by atoms with E-state index < -0.39 is 7.28 Å². The molecule has 0 saturated heterocycles.